The van der Waals surface area contributed by atoms with Crippen LogP contribution in [0.15, 0.2) is 235 Å². The molecule has 0 fully saturated rings. The van der Waals surface area contributed by atoms with Crippen molar-refractivity contribution in [2.24, 2.45) is 0 Å². The summed E-state index contributed by atoms with van der Waals surface area (Å²) in [6.07, 6.45) is 0. The van der Waals surface area contributed by atoms with Gasteiger partial charge in [-0.2, -0.15) is 0 Å². The molecule has 0 spiro atoms. The van der Waals surface area contributed by atoms with Crippen LogP contribution in [-0.2, 0) is 5.41 Å². The molecule has 1 aliphatic carbocycles. The summed E-state index contributed by atoms with van der Waals surface area (Å²) < 4.78 is 6.33. The highest BCUT2D eigenvalue weighted by atomic mass is 16.3. The van der Waals surface area contributed by atoms with Crippen molar-refractivity contribution in [2.45, 2.75) is 19.3 Å². The van der Waals surface area contributed by atoms with Gasteiger partial charge in [0.05, 0.1) is 0 Å². The molecule has 11 aromatic carbocycles. The van der Waals surface area contributed by atoms with Gasteiger partial charge in [-0.1, -0.05) is 159 Å². The van der Waals surface area contributed by atoms with E-state index in [1.165, 1.54) is 54.6 Å². The van der Waals surface area contributed by atoms with Gasteiger partial charge in [-0.25, -0.2) is 0 Å². The Balaban J connectivity index is 0.867. The Labute approximate surface area is 384 Å². The third-order valence-corrected chi connectivity index (χ3v) is 14.0. The lowest BCUT2D eigenvalue weighted by molar-refractivity contribution is 0.661. The van der Waals surface area contributed by atoms with Crippen LogP contribution in [0.2, 0.25) is 0 Å². The average Bonchev–Trinajstić information content (AvgIpc) is 3.86. The van der Waals surface area contributed by atoms with E-state index in [1.807, 2.05) is 12.1 Å². The zero-order valence-corrected chi connectivity index (χ0v) is 36.7. The summed E-state index contributed by atoms with van der Waals surface area (Å²) in [7, 11) is 0. The number of para-hydroxylation sites is 3. The molecule has 13 rings (SSSR count). The van der Waals surface area contributed by atoms with Crippen molar-refractivity contribution in [1.82, 2.24) is 0 Å². The quantitative estimate of drug-likeness (QED) is 0.149. The number of fused-ring (bicyclic) bond motifs is 13. The van der Waals surface area contributed by atoms with Crippen LogP contribution in [0.25, 0.3) is 76.5 Å². The van der Waals surface area contributed by atoms with E-state index in [0.717, 1.165) is 67.2 Å². The van der Waals surface area contributed by atoms with Gasteiger partial charge in [-0.15, -0.1) is 0 Å². The molecule has 0 radical (unpaired) electrons. The summed E-state index contributed by atoms with van der Waals surface area (Å²) in [6.45, 7) is 4.78. The van der Waals surface area contributed by atoms with Gasteiger partial charge in [0.25, 0.3) is 0 Å². The summed E-state index contributed by atoms with van der Waals surface area (Å²) in [4.78, 5) is 4.68. The highest BCUT2D eigenvalue weighted by molar-refractivity contribution is 6.29. The zero-order valence-electron chi connectivity index (χ0n) is 36.7. The Morgan fingerprint density at radius 1 is 0.318 bits per heavy atom. The first-order chi connectivity index (χ1) is 32.5. The van der Waals surface area contributed by atoms with E-state index >= 15 is 0 Å². The molecule has 312 valence electrons. The van der Waals surface area contributed by atoms with Crippen LogP contribution >= 0.6 is 0 Å². The number of hydrogen-bond donors (Lipinski definition) is 0. The molecule has 12 aromatic rings. The van der Waals surface area contributed by atoms with Crippen molar-refractivity contribution in [1.29, 1.82) is 0 Å². The van der Waals surface area contributed by atoms with Crippen LogP contribution in [0, 0.1) is 0 Å². The van der Waals surface area contributed by atoms with E-state index in [9.17, 15) is 0 Å². The fraction of sp³-hybridized carbons (Fsp3) is 0.0476. The number of nitrogens with zero attached hydrogens (tertiary/aromatic N) is 2. The van der Waals surface area contributed by atoms with Crippen molar-refractivity contribution >= 4 is 88.4 Å². The van der Waals surface area contributed by atoms with Gasteiger partial charge in [-0.3, -0.25) is 0 Å². The SMILES string of the molecule is CC1(C)c2cc(N(c3ccccc3)c3ccc(-c4ccc(N(c5ccccc5)c5ccc6c(c5)oc5ccccc56)cc4)cc3)ccc2-c2c1ccc1c3ccccc3c3ccccc3c21. The minimum absolute atomic E-state index is 0.198. The number of benzene rings is 11. The summed E-state index contributed by atoms with van der Waals surface area (Å²) in [5.74, 6) is 0. The first-order valence-electron chi connectivity index (χ1n) is 22.8. The second-order valence-electron chi connectivity index (χ2n) is 18.1. The van der Waals surface area contributed by atoms with Gasteiger partial charge in [0.15, 0.2) is 0 Å². The van der Waals surface area contributed by atoms with Crippen LogP contribution in [0.1, 0.15) is 25.0 Å². The van der Waals surface area contributed by atoms with Gasteiger partial charge in [0.2, 0.25) is 0 Å². The van der Waals surface area contributed by atoms with E-state index < -0.39 is 0 Å². The van der Waals surface area contributed by atoms with Gasteiger partial charge < -0.3 is 14.2 Å². The largest absolute Gasteiger partial charge is 0.456 e. The normalized spacial score (nSPS) is 12.8. The molecule has 1 heterocycles. The Hall–Kier alpha value is -8.40. The maximum atomic E-state index is 6.33. The minimum atomic E-state index is -0.198. The molecule has 66 heavy (non-hydrogen) atoms. The Morgan fingerprint density at radius 3 is 1.35 bits per heavy atom. The van der Waals surface area contributed by atoms with Gasteiger partial charge >= 0.3 is 0 Å². The molecule has 0 atom stereocenters. The third kappa shape index (κ3) is 5.90. The highest BCUT2D eigenvalue weighted by Gasteiger charge is 2.38. The molecule has 0 saturated carbocycles. The molecule has 0 saturated heterocycles. The smallest absolute Gasteiger partial charge is 0.137 e. The maximum absolute atomic E-state index is 6.33. The zero-order chi connectivity index (χ0) is 43.9. The molecule has 0 bridgehead atoms. The van der Waals surface area contributed by atoms with Crippen molar-refractivity contribution < 1.29 is 4.42 Å². The Kier molecular flexibility index (Phi) is 8.56. The lowest BCUT2D eigenvalue weighted by atomic mass is 9.81. The average molecular weight is 845 g/mol. The third-order valence-electron chi connectivity index (χ3n) is 14.0. The maximum Gasteiger partial charge on any atom is 0.137 e. The predicted octanol–water partition coefficient (Wildman–Crippen LogP) is 18.0. The molecule has 3 heteroatoms. The molecule has 0 aliphatic heterocycles. The van der Waals surface area contributed by atoms with Crippen LogP contribution in [0.5, 0.6) is 0 Å². The van der Waals surface area contributed by atoms with Crippen molar-refractivity contribution in [3.8, 4) is 22.3 Å². The van der Waals surface area contributed by atoms with Gasteiger partial charge in [0, 0.05) is 56.4 Å². The van der Waals surface area contributed by atoms with E-state index in [4.69, 9.17) is 4.42 Å². The second-order valence-corrected chi connectivity index (χ2v) is 18.1. The molecule has 1 aliphatic rings. The first kappa shape index (κ1) is 38.1. The summed E-state index contributed by atoms with van der Waals surface area (Å²) >= 11 is 0. The first-order valence-corrected chi connectivity index (χ1v) is 22.8. The van der Waals surface area contributed by atoms with Crippen molar-refractivity contribution in [3.63, 3.8) is 0 Å². The van der Waals surface area contributed by atoms with Crippen molar-refractivity contribution in [3.05, 3.63) is 242 Å². The van der Waals surface area contributed by atoms with E-state index in [0.29, 0.717) is 0 Å². The van der Waals surface area contributed by atoms with Crippen LogP contribution in [0.4, 0.5) is 34.1 Å². The molecule has 0 unspecified atom stereocenters. The van der Waals surface area contributed by atoms with E-state index in [2.05, 4.69) is 242 Å². The van der Waals surface area contributed by atoms with E-state index in [-0.39, 0.29) is 5.41 Å². The molecule has 0 amide bonds. The second kappa shape index (κ2) is 14.8. The Bertz CT molecular complexity index is 3800. The predicted molar refractivity (Wildman–Crippen MR) is 279 cm³/mol. The summed E-state index contributed by atoms with van der Waals surface area (Å²) in [6, 6.07) is 83.6. The van der Waals surface area contributed by atoms with Crippen molar-refractivity contribution in [2.75, 3.05) is 9.80 Å². The molecule has 0 N–H and O–H groups in total. The monoisotopic (exact) mass is 844 g/mol. The molecular formula is C63H44N2O. The summed E-state index contributed by atoms with van der Waals surface area (Å²) in [5.41, 5.74) is 15.9. The number of hydrogen-bond acceptors (Lipinski definition) is 3. The van der Waals surface area contributed by atoms with Crippen LogP contribution < -0.4 is 9.80 Å². The Morgan fingerprint density at radius 2 is 0.742 bits per heavy atom. The molecule has 3 nitrogen and oxygen atoms in total. The van der Waals surface area contributed by atoms with Crippen LogP contribution in [-0.4, -0.2) is 0 Å². The fourth-order valence-electron chi connectivity index (χ4n) is 10.9. The molecular weight excluding hydrogens is 801 g/mol. The van der Waals surface area contributed by atoms with Crippen LogP contribution in [0.3, 0.4) is 0 Å². The standard InChI is InChI=1S/C63H44N2O/c1-63(2)57-38-37-55-51-21-10-9-19-49(51)50-20-11-12-23-54(50)61(55)62(57)56-36-34-47(39-58(56)63)64(43-15-5-3-6-16-43)45-29-25-41(26-30-45)42-27-31-46(32-28-42)65(44-17-7-4-8-18-44)48-33-35-53-52-22-13-14-24-59(52)66-60(53)40-48/h3-40H,1-2H3. The number of furan rings is 1. The lowest BCUT2D eigenvalue weighted by Crippen LogP contribution is -2.16. The van der Waals surface area contributed by atoms with Gasteiger partial charge in [-0.05, 0) is 145 Å². The molecule has 1 aromatic heterocycles. The minimum Gasteiger partial charge on any atom is -0.456 e. The number of anilines is 6. The topological polar surface area (TPSA) is 19.6 Å². The fourth-order valence-corrected chi connectivity index (χ4v) is 10.9. The van der Waals surface area contributed by atoms with Gasteiger partial charge in [0.1, 0.15) is 11.2 Å². The van der Waals surface area contributed by atoms with E-state index in [1.54, 1.807) is 0 Å². The summed E-state index contributed by atoms with van der Waals surface area (Å²) in [5, 5.41) is 10.1. The highest BCUT2D eigenvalue weighted by Crippen LogP contribution is 2.55. The lowest BCUT2D eigenvalue weighted by Gasteiger charge is -2.28. The number of rotatable bonds is 7.